The summed E-state index contributed by atoms with van der Waals surface area (Å²) in [5.74, 6) is -3.18. The Hall–Kier alpha value is -1.90. The molecule has 2 fully saturated rings. The Morgan fingerprint density at radius 1 is 0.667 bits per heavy atom. The van der Waals surface area contributed by atoms with Crippen LogP contribution in [-0.2, 0) is 38.2 Å². The summed E-state index contributed by atoms with van der Waals surface area (Å²) in [7, 11) is 0. The van der Waals surface area contributed by atoms with Crippen molar-refractivity contribution in [2.24, 2.45) is 0 Å². The highest BCUT2D eigenvalue weighted by molar-refractivity contribution is 9.09. The summed E-state index contributed by atoms with van der Waals surface area (Å²) in [5, 5.41) is -0.0853. The number of esters is 2. The summed E-state index contributed by atoms with van der Waals surface area (Å²) in [6.45, 7) is -0.508. The second kappa shape index (κ2) is 11.5. The van der Waals surface area contributed by atoms with Crippen LogP contribution in [0.2, 0.25) is 0 Å². The maximum Gasteiger partial charge on any atom is 0.318 e. The number of amides is 4. The first-order valence-corrected chi connectivity index (χ1v) is 11.0. The molecule has 0 aromatic carbocycles. The number of piperazine rings is 2. The lowest BCUT2D eigenvalue weighted by Gasteiger charge is -2.35. The third-order valence-corrected chi connectivity index (χ3v) is 5.22. The Kier molecular flexibility index (Phi) is 9.33. The molecule has 0 N–H and O–H groups in total. The second-order valence-electron chi connectivity index (χ2n) is 6.41. The van der Waals surface area contributed by atoms with Crippen molar-refractivity contribution < 1.29 is 38.2 Å². The summed E-state index contributed by atoms with van der Waals surface area (Å²) in [5.41, 5.74) is 0. The molecule has 166 valence electrons. The monoisotopic (exact) mass is 554 g/mol. The fourth-order valence-electron chi connectivity index (χ4n) is 2.73. The molecule has 0 aromatic heterocycles. The van der Waals surface area contributed by atoms with Crippen LogP contribution in [-0.4, -0.2) is 119 Å². The number of ether oxygens (including phenoxy) is 2. The number of imide groups is 2. The molecule has 0 bridgehead atoms. The topological polar surface area (TPSA) is 134 Å². The van der Waals surface area contributed by atoms with Crippen LogP contribution in [0.25, 0.3) is 0 Å². The van der Waals surface area contributed by atoms with Crippen LogP contribution >= 0.6 is 31.9 Å². The van der Waals surface area contributed by atoms with Crippen molar-refractivity contribution in [3.63, 3.8) is 0 Å². The Labute approximate surface area is 188 Å². The molecule has 0 aromatic rings. The summed E-state index contributed by atoms with van der Waals surface area (Å²) in [6, 6.07) is 0. The minimum absolute atomic E-state index is 0.0427. The second-order valence-corrected chi connectivity index (χ2v) is 7.53. The molecule has 0 spiro atoms. The van der Waals surface area contributed by atoms with E-state index in [-0.39, 0.29) is 49.9 Å². The van der Waals surface area contributed by atoms with E-state index < -0.39 is 49.0 Å². The highest BCUT2D eigenvalue weighted by Gasteiger charge is 2.34. The Morgan fingerprint density at radius 2 is 0.967 bits per heavy atom. The average Bonchev–Trinajstić information content (AvgIpc) is 2.70. The van der Waals surface area contributed by atoms with Crippen LogP contribution in [0.4, 0.5) is 0 Å². The fraction of sp³-hybridized carbons (Fsp3) is 0.625. The standard InChI is InChI=1S/C16H20Br2N4O8/c17-3-15(27)29-9-21-11(23)5-19(6-12(21)24)1-2-20-7-13(25)22(14(26)8-20)10-30-16(28)4-18/h1-10H2. The van der Waals surface area contributed by atoms with E-state index in [0.717, 1.165) is 9.80 Å². The quantitative estimate of drug-likeness (QED) is 0.181. The zero-order valence-corrected chi connectivity index (χ0v) is 19.1. The Bertz CT molecular complexity index is 638. The van der Waals surface area contributed by atoms with Crippen LogP contribution in [0.15, 0.2) is 0 Å². The summed E-state index contributed by atoms with van der Waals surface area (Å²) >= 11 is 5.84. The van der Waals surface area contributed by atoms with E-state index in [0.29, 0.717) is 0 Å². The predicted molar refractivity (Wildman–Crippen MR) is 106 cm³/mol. The first-order chi connectivity index (χ1) is 14.2. The van der Waals surface area contributed by atoms with Gasteiger partial charge in [-0.1, -0.05) is 31.9 Å². The van der Waals surface area contributed by atoms with Gasteiger partial charge in [-0.25, -0.2) is 9.80 Å². The van der Waals surface area contributed by atoms with Crippen molar-refractivity contribution in [2.75, 3.05) is 63.4 Å². The molecule has 0 atom stereocenters. The van der Waals surface area contributed by atoms with E-state index in [1.807, 2.05) is 0 Å². The van der Waals surface area contributed by atoms with Gasteiger partial charge in [-0.2, -0.15) is 0 Å². The fourth-order valence-corrected chi connectivity index (χ4v) is 3.06. The minimum Gasteiger partial charge on any atom is -0.443 e. The molecule has 30 heavy (non-hydrogen) atoms. The molecule has 14 heteroatoms. The lowest BCUT2D eigenvalue weighted by Crippen LogP contribution is -2.58. The van der Waals surface area contributed by atoms with Crippen molar-refractivity contribution >= 4 is 67.4 Å². The molecule has 2 aliphatic heterocycles. The molecular formula is C16H20Br2N4O8. The Balaban J connectivity index is 1.79. The van der Waals surface area contributed by atoms with Crippen molar-refractivity contribution in [1.29, 1.82) is 0 Å². The molecule has 2 aliphatic rings. The number of rotatable bonds is 9. The molecule has 12 nitrogen and oxygen atoms in total. The highest BCUT2D eigenvalue weighted by Crippen LogP contribution is 2.09. The van der Waals surface area contributed by atoms with Crippen LogP contribution in [0, 0.1) is 0 Å². The zero-order valence-electron chi connectivity index (χ0n) is 15.9. The third-order valence-electron chi connectivity index (χ3n) is 4.30. The number of hydrogen-bond donors (Lipinski definition) is 0. The maximum absolute atomic E-state index is 12.2. The van der Waals surface area contributed by atoms with E-state index in [1.54, 1.807) is 9.80 Å². The van der Waals surface area contributed by atoms with Gasteiger partial charge in [0.15, 0.2) is 13.5 Å². The lowest BCUT2D eigenvalue weighted by molar-refractivity contribution is -0.166. The first-order valence-electron chi connectivity index (χ1n) is 8.79. The lowest BCUT2D eigenvalue weighted by atomic mass is 10.2. The van der Waals surface area contributed by atoms with Crippen LogP contribution in [0.3, 0.4) is 0 Å². The first kappa shape index (κ1) is 24.4. The summed E-state index contributed by atoms with van der Waals surface area (Å²) in [4.78, 5) is 75.8. The summed E-state index contributed by atoms with van der Waals surface area (Å²) in [6.07, 6.45) is 0. The molecule has 2 saturated heterocycles. The van der Waals surface area contributed by atoms with Crippen molar-refractivity contribution in [1.82, 2.24) is 19.6 Å². The average molecular weight is 556 g/mol. The zero-order chi connectivity index (χ0) is 22.3. The number of halogens is 2. The van der Waals surface area contributed by atoms with E-state index in [9.17, 15) is 28.8 Å². The molecular weight excluding hydrogens is 536 g/mol. The molecule has 0 aliphatic carbocycles. The number of carbonyl (C=O) groups excluding carboxylic acids is 6. The van der Waals surface area contributed by atoms with Crippen LogP contribution in [0.5, 0.6) is 0 Å². The largest absolute Gasteiger partial charge is 0.443 e. The van der Waals surface area contributed by atoms with Gasteiger partial charge in [0.25, 0.3) is 0 Å². The van der Waals surface area contributed by atoms with E-state index in [1.165, 1.54) is 0 Å². The number of alkyl halides is 2. The van der Waals surface area contributed by atoms with Gasteiger partial charge in [-0.3, -0.25) is 38.6 Å². The van der Waals surface area contributed by atoms with E-state index in [4.69, 9.17) is 9.47 Å². The van der Waals surface area contributed by atoms with Gasteiger partial charge < -0.3 is 9.47 Å². The van der Waals surface area contributed by atoms with Crippen LogP contribution in [0.1, 0.15) is 0 Å². The predicted octanol–water partition coefficient (Wildman–Crippen LogP) is -1.88. The van der Waals surface area contributed by atoms with Crippen molar-refractivity contribution in [3.05, 3.63) is 0 Å². The SMILES string of the molecule is O=C(CBr)OCN1C(=O)CN(CCN2CC(=O)N(COC(=O)CBr)C(=O)C2)CC1=O. The van der Waals surface area contributed by atoms with Gasteiger partial charge in [0.1, 0.15) is 10.7 Å². The Morgan fingerprint density at radius 3 is 1.23 bits per heavy atom. The van der Waals surface area contributed by atoms with Gasteiger partial charge in [0.05, 0.1) is 26.2 Å². The number of carbonyl (C=O) groups is 6. The molecule has 0 unspecified atom stereocenters. The van der Waals surface area contributed by atoms with Gasteiger partial charge >= 0.3 is 11.9 Å². The van der Waals surface area contributed by atoms with Gasteiger partial charge in [0.2, 0.25) is 23.6 Å². The van der Waals surface area contributed by atoms with Crippen molar-refractivity contribution in [2.45, 2.75) is 0 Å². The molecule has 4 amide bonds. The molecule has 2 rings (SSSR count). The maximum atomic E-state index is 12.2. The normalized spacial score (nSPS) is 18.7. The molecule has 2 heterocycles. The minimum atomic E-state index is -0.589. The third kappa shape index (κ3) is 6.82. The number of nitrogens with zero attached hydrogens (tertiary/aromatic N) is 4. The van der Waals surface area contributed by atoms with Gasteiger partial charge in [-0.05, 0) is 0 Å². The smallest absolute Gasteiger partial charge is 0.318 e. The van der Waals surface area contributed by atoms with Crippen molar-refractivity contribution in [3.8, 4) is 0 Å². The van der Waals surface area contributed by atoms with E-state index in [2.05, 4.69) is 31.9 Å². The van der Waals surface area contributed by atoms with Gasteiger partial charge in [0, 0.05) is 13.1 Å². The van der Waals surface area contributed by atoms with Crippen LogP contribution < -0.4 is 0 Å². The van der Waals surface area contributed by atoms with Gasteiger partial charge in [-0.15, -0.1) is 0 Å². The summed E-state index contributed by atoms with van der Waals surface area (Å²) < 4.78 is 9.59. The molecule has 0 saturated carbocycles. The van der Waals surface area contributed by atoms with E-state index >= 15 is 0 Å². The number of hydrogen-bond acceptors (Lipinski definition) is 10. The molecule has 0 radical (unpaired) electrons. The highest BCUT2D eigenvalue weighted by atomic mass is 79.9.